The van der Waals surface area contributed by atoms with Crippen LogP contribution in [0.15, 0.2) is 47.6 Å². The van der Waals surface area contributed by atoms with Gasteiger partial charge in [-0.15, -0.1) is 0 Å². The number of hydrogen-bond acceptors (Lipinski definition) is 4. The molecule has 0 atom stereocenters. The average molecular weight is 333 g/mol. The molecule has 0 aliphatic carbocycles. The van der Waals surface area contributed by atoms with Crippen molar-refractivity contribution in [2.75, 3.05) is 0 Å². The fraction of sp³-hybridized carbons (Fsp3) is 0.250. The average Bonchev–Trinajstić information content (AvgIpc) is 2.45. The summed E-state index contributed by atoms with van der Waals surface area (Å²) < 4.78 is 27.0. The molecule has 122 valence electrons. The Morgan fingerprint density at radius 2 is 1.96 bits per heavy atom. The van der Waals surface area contributed by atoms with Crippen molar-refractivity contribution in [1.82, 2.24) is 15.0 Å². The van der Waals surface area contributed by atoms with Gasteiger partial charge in [0.25, 0.3) is 10.0 Å². The first-order valence-corrected chi connectivity index (χ1v) is 8.62. The third-order valence-electron chi connectivity index (χ3n) is 3.05. The van der Waals surface area contributed by atoms with Crippen LogP contribution in [0.25, 0.3) is 11.1 Å². The van der Waals surface area contributed by atoms with Gasteiger partial charge in [0.2, 0.25) is 0 Å². The SMILES string of the molecule is Cc1cccc(-c2ccncc2S(=O)(=O)NC(=O)NC(C)C)c1. The van der Waals surface area contributed by atoms with Crippen LogP contribution in [0.4, 0.5) is 4.79 Å². The lowest BCUT2D eigenvalue weighted by Crippen LogP contribution is -2.42. The maximum atomic E-state index is 12.5. The molecule has 0 saturated heterocycles. The summed E-state index contributed by atoms with van der Waals surface area (Å²) in [6.07, 6.45) is 2.76. The summed E-state index contributed by atoms with van der Waals surface area (Å²) in [6.45, 7) is 5.41. The van der Waals surface area contributed by atoms with E-state index in [9.17, 15) is 13.2 Å². The van der Waals surface area contributed by atoms with Crippen molar-refractivity contribution in [3.8, 4) is 11.1 Å². The predicted molar refractivity (Wildman–Crippen MR) is 88.4 cm³/mol. The summed E-state index contributed by atoms with van der Waals surface area (Å²) >= 11 is 0. The van der Waals surface area contributed by atoms with Crippen LogP contribution in [0.5, 0.6) is 0 Å². The van der Waals surface area contributed by atoms with E-state index in [2.05, 4.69) is 10.3 Å². The maximum Gasteiger partial charge on any atom is 0.328 e. The van der Waals surface area contributed by atoms with Gasteiger partial charge in [-0.3, -0.25) is 4.98 Å². The lowest BCUT2D eigenvalue weighted by Gasteiger charge is -2.13. The molecule has 2 rings (SSSR count). The summed E-state index contributed by atoms with van der Waals surface area (Å²) in [5.74, 6) is 0. The van der Waals surface area contributed by atoms with Crippen LogP contribution < -0.4 is 10.0 Å². The molecule has 0 radical (unpaired) electrons. The molecule has 1 heterocycles. The highest BCUT2D eigenvalue weighted by atomic mass is 32.2. The Morgan fingerprint density at radius 1 is 1.22 bits per heavy atom. The normalized spacial score (nSPS) is 11.3. The zero-order valence-electron chi connectivity index (χ0n) is 13.2. The van der Waals surface area contributed by atoms with Crippen LogP contribution in [0.2, 0.25) is 0 Å². The van der Waals surface area contributed by atoms with Crippen LogP contribution in [0, 0.1) is 6.92 Å². The molecule has 0 fully saturated rings. The van der Waals surface area contributed by atoms with Gasteiger partial charge in [0, 0.05) is 24.0 Å². The summed E-state index contributed by atoms with van der Waals surface area (Å²) in [5, 5.41) is 2.49. The number of nitrogens with zero attached hydrogens (tertiary/aromatic N) is 1. The highest BCUT2D eigenvalue weighted by molar-refractivity contribution is 7.90. The first-order valence-electron chi connectivity index (χ1n) is 7.14. The zero-order chi connectivity index (χ0) is 17.0. The van der Waals surface area contributed by atoms with Gasteiger partial charge in [-0.05, 0) is 32.4 Å². The standard InChI is InChI=1S/C16H19N3O3S/c1-11(2)18-16(20)19-23(21,22)15-10-17-8-7-14(15)13-6-4-5-12(3)9-13/h4-11H,1-3H3,(H2,18,19,20). The van der Waals surface area contributed by atoms with Crippen LogP contribution >= 0.6 is 0 Å². The summed E-state index contributed by atoms with van der Waals surface area (Å²) in [5.41, 5.74) is 2.25. The van der Waals surface area contributed by atoms with E-state index < -0.39 is 16.1 Å². The molecule has 6 nitrogen and oxygen atoms in total. The number of pyridine rings is 1. The van der Waals surface area contributed by atoms with Crippen molar-refractivity contribution in [2.24, 2.45) is 0 Å². The fourth-order valence-corrected chi connectivity index (χ4v) is 3.20. The molecule has 2 N–H and O–H groups in total. The second-order valence-corrected chi connectivity index (χ2v) is 7.13. The Kier molecular flexibility index (Phi) is 5.00. The first-order chi connectivity index (χ1) is 10.8. The Labute approximate surface area is 136 Å². The zero-order valence-corrected chi connectivity index (χ0v) is 14.0. The lowest BCUT2D eigenvalue weighted by molar-refractivity contribution is 0.243. The second kappa shape index (κ2) is 6.78. The van der Waals surface area contributed by atoms with Crippen LogP contribution in [-0.4, -0.2) is 25.5 Å². The first kappa shape index (κ1) is 17.0. The van der Waals surface area contributed by atoms with Crippen molar-refractivity contribution >= 4 is 16.1 Å². The summed E-state index contributed by atoms with van der Waals surface area (Å²) in [6, 6.07) is 8.14. The topological polar surface area (TPSA) is 88.2 Å². The van der Waals surface area contributed by atoms with Crippen molar-refractivity contribution in [3.63, 3.8) is 0 Å². The number of rotatable bonds is 4. The molecule has 2 aromatic rings. The third kappa shape index (κ3) is 4.29. The lowest BCUT2D eigenvalue weighted by atomic mass is 10.1. The molecule has 1 aromatic carbocycles. The van der Waals surface area contributed by atoms with Crippen molar-refractivity contribution in [2.45, 2.75) is 31.7 Å². The van der Waals surface area contributed by atoms with Crippen molar-refractivity contribution in [1.29, 1.82) is 0 Å². The molecule has 7 heteroatoms. The molecular weight excluding hydrogens is 314 g/mol. The van der Waals surface area contributed by atoms with E-state index in [1.54, 1.807) is 19.9 Å². The predicted octanol–water partition coefficient (Wildman–Crippen LogP) is 2.45. The Bertz CT molecular complexity index is 817. The fourth-order valence-electron chi connectivity index (χ4n) is 2.11. The van der Waals surface area contributed by atoms with Gasteiger partial charge < -0.3 is 5.32 Å². The monoisotopic (exact) mass is 333 g/mol. The molecular formula is C16H19N3O3S. The van der Waals surface area contributed by atoms with E-state index in [4.69, 9.17) is 0 Å². The molecule has 0 aliphatic heterocycles. The molecule has 0 spiro atoms. The summed E-state index contributed by atoms with van der Waals surface area (Å²) in [7, 11) is -4.02. The minimum Gasteiger partial charge on any atom is -0.335 e. The molecule has 0 bridgehead atoms. The molecule has 0 saturated carbocycles. The van der Waals surface area contributed by atoms with E-state index in [1.165, 1.54) is 12.4 Å². The van der Waals surface area contributed by atoms with Crippen molar-refractivity contribution < 1.29 is 13.2 Å². The van der Waals surface area contributed by atoms with Gasteiger partial charge in [0.05, 0.1) is 0 Å². The smallest absolute Gasteiger partial charge is 0.328 e. The quantitative estimate of drug-likeness (QED) is 0.899. The number of sulfonamides is 1. The highest BCUT2D eigenvalue weighted by Gasteiger charge is 2.22. The van der Waals surface area contributed by atoms with Gasteiger partial charge >= 0.3 is 6.03 Å². The Morgan fingerprint density at radius 3 is 2.61 bits per heavy atom. The van der Waals surface area contributed by atoms with Gasteiger partial charge in [0.1, 0.15) is 4.90 Å². The van der Waals surface area contributed by atoms with Gasteiger partial charge in [-0.1, -0.05) is 29.8 Å². The van der Waals surface area contributed by atoms with Gasteiger partial charge in [-0.2, -0.15) is 0 Å². The van der Waals surface area contributed by atoms with E-state index in [0.29, 0.717) is 5.56 Å². The molecule has 23 heavy (non-hydrogen) atoms. The van der Waals surface area contributed by atoms with Crippen molar-refractivity contribution in [3.05, 3.63) is 48.3 Å². The van der Waals surface area contributed by atoms with E-state index >= 15 is 0 Å². The maximum absolute atomic E-state index is 12.5. The minimum absolute atomic E-state index is 0.0375. The molecule has 0 unspecified atom stereocenters. The highest BCUT2D eigenvalue weighted by Crippen LogP contribution is 2.26. The second-order valence-electron chi connectivity index (χ2n) is 5.47. The number of amides is 2. The van der Waals surface area contributed by atoms with Crippen LogP contribution in [0.1, 0.15) is 19.4 Å². The number of benzene rings is 1. The molecule has 1 aromatic heterocycles. The largest absolute Gasteiger partial charge is 0.335 e. The number of aryl methyl sites for hydroxylation is 1. The number of aromatic nitrogens is 1. The van der Waals surface area contributed by atoms with E-state index in [0.717, 1.165) is 11.1 Å². The Balaban J connectivity index is 2.42. The van der Waals surface area contributed by atoms with Crippen LogP contribution in [0.3, 0.4) is 0 Å². The third-order valence-corrected chi connectivity index (χ3v) is 4.41. The van der Waals surface area contributed by atoms with Gasteiger partial charge in [0.15, 0.2) is 0 Å². The number of carbonyl (C=O) groups is 1. The van der Waals surface area contributed by atoms with E-state index in [-0.39, 0.29) is 10.9 Å². The molecule has 2 amide bonds. The Hall–Kier alpha value is -2.41. The summed E-state index contributed by atoms with van der Waals surface area (Å²) in [4.78, 5) is 15.6. The molecule has 0 aliphatic rings. The number of nitrogens with one attached hydrogen (secondary N) is 2. The number of carbonyl (C=O) groups excluding carboxylic acids is 1. The number of hydrogen-bond donors (Lipinski definition) is 2. The number of urea groups is 1. The minimum atomic E-state index is -4.02. The van der Waals surface area contributed by atoms with Crippen LogP contribution in [-0.2, 0) is 10.0 Å². The van der Waals surface area contributed by atoms with E-state index in [1.807, 2.05) is 35.9 Å². The van der Waals surface area contributed by atoms with Gasteiger partial charge in [-0.25, -0.2) is 17.9 Å².